The SMILES string of the molecule is CCc1cccc(C(NN)c2ccc(F)c(C)c2)c1. The van der Waals surface area contributed by atoms with E-state index < -0.39 is 0 Å². The van der Waals surface area contributed by atoms with Crippen LogP contribution in [-0.4, -0.2) is 0 Å². The van der Waals surface area contributed by atoms with Crippen LogP contribution in [-0.2, 0) is 6.42 Å². The summed E-state index contributed by atoms with van der Waals surface area (Å²) in [5.74, 6) is 5.48. The van der Waals surface area contributed by atoms with Gasteiger partial charge in [0.15, 0.2) is 0 Å². The third-order valence-corrected chi connectivity index (χ3v) is 3.37. The van der Waals surface area contributed by atoms with Crippen molar-refractivity contribution in [3.63, 3.8) is 0 Å². The van der Waals surface area contributed by atoms with Crippen LogP contribution in [0.1, 0.15) is 35.2 Å². The average molecular weight is 258 g/mol. The summed E-state index contributed by atoms with van der Waals surface area (Å²) in [5, 5.41) is 0. The second-order valence-corrected chi connectivity index (χ2v) is 4.71. The first-order chi connectivity index (χ1) is 9.15. The Morgan fingerprint density at radius 2 is 1.89 bits per heavy atom. The van der Waals surface area contributed by atoms with Gasteiger partial charge < -0.3 is 0 Å². The Bertz CT molecular complexity index is 566. The third kappa shape index (κ3) is 3.00. The van der Waals surface area contributed by atoms with Crippen molar-refractivity contribution in [1.29, 1.82) is 0 Å². The summed E-state index contributed by atoms with van der Waals surface area (Å²) < 4.78 is 13.3. The highest BCUT2D eigenvalue weighted by Gasteiger charge is 2.13. The molecule has 1 atom stereocenters. The van der Waals surface area contributed by atoms with Crippen LogP contribution < -0.4 is 11.3 Å². The maximum atomic E-state index is 13.3. The monoisotopic (exact) mass is 258 g/mol. The molecule has 0 aromatic heterocycles. The fourth-order valence-electron chi connectivity index (χ4n) is 2.22. The Balaban J connectivity index is 2.40. The van der Waals surface area contributed by atoms with Crippen LogP contribution in [0.5, 0.6) is 0 Å². The van der Waals surface area contributed by atoms with Gasteiger partial charge in [-0.3, -0.25) is 5.84 Å². The van der Waals surface area contributed by atoms with E-state index >= 15 is 0 Å². The highest BCUT2D eigenvalue weighted by molar-refractivity contribution is 5.36. The van der Waals surface area contributed by atoms with Crippen molar-refractivity contribution in [3.8, 4) is 0 Å². The lowest BCUT2D eigenvalue weighted by Crippen LogP contribution is -2.29. The molecule has 0 radical (unpaired) electrons. The number of hydrogen-bond donors (Lipinski definition) is 2. The van der Waals surface area contributed by atoms with Gasteiger partial charge in [0.1, 0.15) is 5.82 Å². The van der Waals surface area contributed by atoms with Crippen molar-refractivity contribution >= 4 is 0 Å². The molecule has 2 nitrogen and oxygen atoms in total. The van der Waals surface area contributed by atoms with Crippen molar-refractivity contribution in [2.75, 3.05) is 0 Å². The van der Waals surface area contributed by atoms with Crippen LogP contribution in [0.25, 0.3) is 0 Å². The van der Waals surface area contributed by atoms with Gasteiger partial charge in [-0.1, -0.05) is 43.3 Å². The standard InChI is InChI=1S/C16H19FN2/c1-3-12-5-4-6-13(10-12)16(19-18)14-7-8-15(17)11(2)9-14/h4-10,16,19H,3,18H2,1-2H3. The topological polar surface area (TPSA) is 38.0 Å². The van der Waals surface area contributed by atoms with Crippen LogP contribution in [0.2, 0.25) is 0 Å². The van der Waals surface area contributed by atoms with Gasteiger partial charge in [-0.25, -0.2) is 9.82 Å². The minimum atomic E-state index is -0.193. The zero-order chi connectivity index (χ0) is 13.8. The van der Waals surface area contributed by atoms with Crippen LogP contribution in [0.15, 0.2) is 42.5 Å². The van der Waals surface area contributed by atoms with E-state index in [0.717, 1.165) is 17.5 Å². The smallest absolute Gasteiger partial charge is 0.126 e. The van der Waals surface area contributed by atoms with Crippen molar-refractivity contribution in [2.24, 2.45) is 5.84 Å². The zero-order valence-electron chi connectivity index (χ0n) is 11.3. The lowest BCUT2D eigenvalue weighted by Gasteiger charge is -2.18. The largest absolute Gasteiger partial charge is 0.271 e. The highest BCUT2D eigenvalue weighted by Crippen LogP contribution is 2.24. The minimum Gasteiger partial charge on any atom is -0.271 e. The highest BCUT2D eigenvalue weighted by atomic mass is 19.1. The molecule has 0 heterocycles. The molecule has 0 spiro atoms. The second-order valence-electron chi connectivity index (χ2n) is 4.71. The predicted molar refractivity (Wildman–Crippen MR) is 76.1 cm³/mol. The number of halogens is 1. The Labute approximate surface area is 113 Å². The average Bonchev–Trinajstić information content (AvgIpc) is 2.44. The molecule has 3 N–H and O–H groups in total. The van der Waals surface area contributed by atoms with E-state index in [1.807, 2.05) is 18.2 Å². The number of aryl methyl sites for hydroxylation is 2. The molecule has 0 saturated carbocycles. The van der Waals surface area contributed by atoms with Crippen molar-refractivity contribution in [2.45, 2.75) is 26.3 Å². The minimum absolute atomic E-state index is 0.120. The first-order valence-corrected chi connectivity index (χ1v) is 6.46. The molecule has 0 aliphatic carbocycles. The van der Waals surface area contributed by atoms with E-state index in [4.69, 9.17) is 5.84 Å². The molecule has 3 heteroatoms. The van der Waals surface area contributed by atoms with Gasteiger partial charge in [0.25, 0.3) is 0 Å². The number of nitrogens with one attached hydrogen (secondary N) is 1. The van der Waals surface area contributed by atoms with Crippen molar-refractivity contribution in [1.82, 2.24) is 5.43 Å². The number of hydrazine groups is 1. The van der Waals surface area contributed by atoms with E-state index in [-0.39, 0.29) is 11.9 Å². The number of hydrogen-bond acceptors (Lipinski definition) is 2. The molecule has 1 unspecified atom stereocenters. The van der Waals surface area contributed by atoms with E-state index in [9.17, 15) is 4.39 Å². The molecular formula is C16H19FN2. The van der Waals surface area contributed by atoms with Crippen LogP contribution in [0, 0.1) is 12.7 Å². The molecule has 0 aliphatic heterocycles. The molecule has 19 heavy (non-hydrogen) atoms. The predicted octanol–water partition coefficient (Wildman–Crippen LogP) is 3.25. The van der Waals surface area contributed by atoms with Crippen LogP contribution >= 0.6 is 0 Å². The van der Waals surface area contributed by atoms with Gasteiger partial charge in [-0.2, -0.15) is 0 Å². The first kappa shape index (κ1) is 13.7. The van der Waals surface area contributed by atoms with Gasteiger partial charge in [0.2, 0.25) is 0 Å². The molecular weight excluding hydrogens is 239 g/mol. The van der Waals surface area contributed by atoms with Gasteiger partial charge in [0.05, 0.1) is 6.04 Å². The summed E-state index contributed by atoms with van der Waals surface area (Å²) in [7, 11) is 0. The Morgan fingerprint density at radius 1 is 1.16 bits per heavy atom. The normalized spacial score (nSPS) is 12.4. The Kier molecular flexibility index (Phi) is 4.30. The van der Waals surface area contributed by atoms with E-state index in [1.165, 1.54) is 11.6 Å². The lowest BCUT2D eigenvalue weighted by molar-refractivity contribution is 0.607. The number of benzene rings is 2. The molecule has 0 aliphatic rings. The maximum absolute atomic E-state index is 13.3. The Morgan fingerprint density at radius 3 is 2.53 bits per heavy atom. The third-order valence-electron chi connectivity index (χ3n) is 3.37. The molecule has 0 saturated heterocycles. The van der Waals surface area contributed by atoms with Gasteiger partial charge in [-0.05, 0) is 41.7 Å². The summed E-state index contributed by atoms with van der Waals surface area (Å²) in [5.41, 5.74) is 6.76. The summed E-state index contributed by atoms with van der Waals surface area (Å²) in [6, 6.07) is 13.2. The lowest BCUT2D eigenvalue weighted by atomic mass is 9.96. The Hall–Kier alpha value is -1.71. The summed E-state index contributed by atoms with van der Waals surface area (Å²) in [4.78, 5) is 0. The molecule has 0 amide bonds. The van der Waals surface area contributed by atoms with Crippen LogP contribution in [0.3, 0.4) is 0 Å². The van der Waals surface area contributed by atoms with E-state index in [0.29, 0.717) is 5.56 Å². The van der Waals surface area contributed by atoms with Gasteiger partial charge in [-0.15, -0.1) is 0 Å². The summed E-state index contributed by atoms with van der Waals surface area (Å²) in [6.45, 7) is 3.88. The van der Waals surface area contributed by atoms with Gasteiger partial charge in [0, 0.05) is 0 Å². The van der Waals surface area contributed by atoms with Crippen LogP contribution in [0.4, 0.5) is 4.39 Å². The first-order valence-electron chi connectivity index (χ1n) is 6.46. The summed E-state index contributed by atoms with van der Waals surface area (Å²) in [6.07, 6.45) is 0.980. The molecule has 2 aromatic rings. The molecule has 2 aromatic carbocycles. The van der Waals surface area contributed by atoms with E-state index in [1.54, 1.807) is 13.0 Å². The fourth-order valence-corrected chi connectivity index (χ4v) is 2.22. The zero-order valence-corrected chi connectivity index (χ0v) is 11.3. The van der Waals surface area contributed by atoms with Crippen molar-refractivity contribution < 1.29 is 4.39 Å². The quantitative estimate of drug-likeness (QED) is 0.652. The summed E-state index contributed by atoms with van der Waals surface area (Å²) >= 11 is 0. The molecule has 0 fully saturated rings. The maximum Gasteiger partial charge on any atom is 0.126 e. The number of rotatable bonds is 4. The number of nitrogens with two attached hydrogens (primary N) is 1. The van der Waals surface area contributed by atoms with Gasteiger partial charge >= 0.3 is 0 Å². The van der Waals surface area contributed by atoms with E-state index in [2.05, 4.69) is 24.5 Å². The molecule has 0 bridgehead atoms. The molecule has 2 rings (SSSR count). The van der Waals surface area contributed by atoms with Crippen molar-refractivity contribution in [3.05, 3.63) is 70.5 Å². The fraction of sp³-hybridized carbons (Fsp3) is 0.250. The molecule has 100 valence electrons. The second kappa shape index (κ2) is 5.95.